The summed E-state index contributed by atoms with van der Waals surface area (Å²) in [5.41, 5.74) is 0. The maximum Gasteiger partial charge on any atom is 0.303 e. The number of carbonyl (C=O) groups is 8. The zero-order chi connectivity index (χ0) is 44.1. The highest BCUT2D eigenvalue weighted by Gasteiger charge is 2.57. The molecule has 2 fully saturated rings. The van der Waals surface area contributed by atoms with Gasteiger partial charge in [-0.3, -0.25) is 38.4 Å². The molecule has 10 atom stereocenters. The highest BCUT2D eigenvalue weighted by molar-refractivity contribution is 5.76. The van der Waals surface area contributed by atoms with E-state index in [0.29, 0.717) is 6.42 Å². The van der Waals surface area contributed by atoms with Gasteiger partial charge in [0, 0.05) is 54.9 Å². The van der Waals surface area contributed by atoms with Crippen LogP contribution < -0.4 is 5.32 Å². The zero-order valence-corrected chi connectivity index (χ0v) is 35.5. The molecule has 0 radical (unpaired) electrons. The van der Waals surface area contributed by atoms with Gasteiger partial charge >= 0.3 is 41.8 Å². The summed E-state index contributed by atoms with van der Waals surface area (Å²) >= 11 is 0. The first kappa shape index (κ1) is 50.8. The van der Waals surface area contributed by atoms with Gasteiger partial charge in [-0.25, -0.2) is 0 Å². The highest BCUT2D eigenvalue weighted by Crippen LogP contribution is 2.35. The molecule has 1 unspecified atom stereocenters. The Balaban J connectivity index is 2.46. The third-order valence-electron chi connectivity index (χ3n) is 9.24. The molecule has 0 aromatic carbocycles. The van der Waals surface area contributed by atoms with E-state index in [-0.39, 0.29) is 6.42 Å². The van der Waals surface area contributed by atoms with Crippen LogP contribution in [0.15, 0.2) is 0 Å². The number of esters is 7. The van der Waals surface area contributed by atoms with Crippen molar-refractivity contribution in [1.29, 1.82) is 0 Å². The first-order chi connectivity index (χ1) is 27.9. The number of unbranched alkanes of at least 4 members (excludes halogenated alkanes) is 10. The fourth-order valence-electron chi connectivity index (χ4n) is 6.81. The van der Waals surface area contributed by atoms with Gasteiger partial charge in [-0.15, -0.1) is 0 Å². The molecule has 19 nitrogen and oxygen atoms in total. The third-order valence-corrected chi connectivity index (χ3v) is 9.24. The van der Waals surface area contributed by atoms with Crippen molar-refractivity contribution in [3.05, 3.63) is 0 Å². The number of carbonyl (C=O) groups excluding carboxylic acids is 8. The minimum Gasteiger partial charge on any atom is -0.463 e. The zero-order valence-electron chi connectivity index (χ0n) is 35.5. The van der Waals surface area contributed by atoms with E-state index in [1.807, 2.05) is 0 Å². The molecule has 2 aliphatic heterocycles. The van der Waals surface area contributed by atoms with Gasteiger partial charge in [0.05, 0.1) is 0 Å². The Morgan fingerprint density at radius 2 is 0.831 bits per heavy atom. The van der Waals surface area contributed by atoms with Crippen molar-refractivity contribution >= 4 is 47.7 Å². The lowest BCUT2D eigenvalue weighted by atomic mass is 9.95. The Hall–Kier alpha value is -4.36. The number of rotatable bonds is 24. The number of amides is 1. The van der Waals surface area contributed by atoms with Gasteiger partial charge in [-0.2, -0.15) is 0 Å². The third kappa shape index (κ3) is 19.1. The summed E-state index contributed by atoms with van der Waals surface area (Å²) in [7, 11) is 0. The smallest absolute Gasteiger partial charge is 0.303 e. The van der Waals surface area contributed by atoms with Gasteiger partial charge in [-0.1, -0.05) is 71.1 Å². The van der Waals surface area contributed by atoms with Crippen LogP contribution in [-0.4, -0.2) is 122 Å². The summed E-state index contributed by atoms with van der Waals surface area (Å²) in [6, 6.07) is 0. The first-order valence-corrected chi connectivity index (χ1v) is 20.3. The average Bonchev–Trinajstić information content (AvgIpc) is 3.12. The fourth-order valence-corrected chi connectivity index (χ4v) is 6.81. The molecule has 336 valence electrons. The van der Waals surface area contributed by atoms with Crippen molar-refractivity contribution in [3.63, 3.8) is 0 Å². The molecule has 0 bridgehead atoms. The SMILES string of the molecule is CCCCCCCCCCCCCC(=O)NC1O[C@H](COC(C)=O)[C@@H](O[C@@H]2O[C@H](COC(C)=O)[C@@H](OC(C)=O)[C@H](OC(C)=O)[C@@H]2OC(C)=O)[C@H](OC(C)=O)[C@@H]1OC(C)=O. The second-order valence-electron chi connectivity index (χ2n) is 14.6. The van der Waals surface area contributed by atoms with E-state index in [4.69, 9.17) is 47.4 Å². The van der Waals surface area contributed by atoms with Gasteiger partial charge in [0.15, 0.2) is 43.0 Å². The summed E-state index contributed by atoms with van der Waals surface area (Å²) in [5.74, 6) is -6.39. The van der Waals surface area contributed by atoms with E-state index in [2.05, 4.69) is 12.2 Å². The molecule has 0 spiro atoms. The topological polar surface area (TPSA) is 241 Å². The Kier molecular flexibility index (Phi) is 23.0. The van der Waals surface area contributed by atoms with Gasteiger partial charge in [0.25, 0.3) is 0 Å². The molecule has 59 heavy (non-hydrogen) atoms. The monoisotopic (exact) mass is 845 g/mol. The quantitative estimate of drug-likeness (QED) is 0.0831. The maximum absolute atomic E-state index is 13.3. The fraction of sp³-hybridized carbons (Fsp3) is 0.800. The Bertz CT molecular complexity index is 1400. The van der Waals surface area contributed by atoms with Crippen LogP contribution in [0.5, 0.6) is 0 Å². The predicted molar refractivity (Wildman–Crippen MR) is 202 cm³/mol. The molecule has 0 aromatic heterocycles. The maximum atomic E-state index is 13.3. The van der Waals surface area contributed by atoms with Crippen LogP contribution in [0.1, 0.15) is 132 Å². The lowest BCUT2D eigenvalue weighted by molar-refractivity contribution is -0.345. The molecule has 19 heteroatoms. The molecule has 2 heterocycles. The lowest BCUT2D eigenvalue weighted by Gasteiger charge is -2.48. The van der Waals surface area contributed by atoms with Crippen LogP contribution in [0, 0.1) is 0 Å². The standard InChI is InChI=1S/C40H63NO18/c1-9-10-11-12-13-14-15-16-17-18-19-20-32(49)41-39-37(55-28(7)47)35(53-26(5)45)34(30(57-39)21-50-23(2)42)59-40-38(56-29(8)48)36(54-27(6)46)33(52-25(4)44)31(58-40)22-51-24(3)43/h30-31,33-40H,9-22H2,1-8H3,(H,41,49)/t30-,31-,33-,34-,35+,36+,37+,38+,39?,40+/m1/s1. The Morgan fingerprint density at radius 3 is 1.29 bits per heavy atom. The normalized spacial score (nSPS) is 26.4. The van der Waals surface area contributed by atoms with Crippen LogP contribution in [0.2, 0.25) is 0 Å². The van der Waals surface area contributed by atoms with E-state index in [0.717, 1.165) is 74.1 Å². The second-order valence-corrected chi connectivity index (χ2v) is 14.6. The van der Waals surface area contributed by atoms with Crippen molar-refractivity contribution in [1.82, 2.24) is 5.32 Å². The first-order valence-electron chi connectivity index (χ1n) is 20.3. The molecule has 1 amide bonds. The minimum atomic E-state index is -1.81. The second kappa shape index (κ2) is 26.7. The van der Waals surface area contributed by atoms with E-state index in [9.17, 15) is 38.4 Å². The highest BCUT2D eigenvalue weighted by atomic mass is 16.8. The molecule has 2 rings (SSSR count). The molecule has 0 saturated carbocycles. The average molecular weight is 846 g/mol. The van der Waals surface area contributed by atoms with Crippen molar-refractivity contribution in [2.45, 2.75) is 194 Å². The van der Waals surface area contributed by atoms with Crippen molar-refractivity contribution in [2.75, 3.05) is 13.2 Å². The van der Waals surface area contributed by atoms with Crippen LogP contribution in [0.3, 0.4) is 0 Å². The van der Waals surface area contributed by atoms with Crippen molar-refractivity contribution in [3.8, 4) is 0 Å². The molecule has 0 aromatic rings. The van der Waals surface area contributed by atoms with Crippen LogP contribution in [0.4, 0.5) is 0 Å². The van der Waals surface area contributed by atoms with Crippen LogP contribution in [0.25, 0.3) is 0 Å². The molecule has 0 aliphatic carbocycles. The van der Waals surface area contributed by atoms with E-state index >= 15 is 0 Å². The molecular formula is C40H63NO18. The largest absolute Gasteiger partial charge is 0.463 e. The van der Waals surface area contributed by atoms with Crippen molar-refractivity contribution < 1.29 is 85.7 Å². The summed E-state index contributed by atoms with van der Waals surface area (Å²) in [5, 5.41) is 2.70. The van der Waals surface area contributed by atoms with Gasteiger partial charge in [0.1, 0.15) is 31.5 Å². The van der Waals surface area contributed by atoms with Gasteiger partial charge < -0.3 is 52.7 Å². The summed E-state index contributed by atoms with van der Waals surface area (Å²) < 4.78 is 56.7. The molecule has 2 aliphatic rings. The van der Waals surface area contributed by atoms with Crippen molar-refractivity contribution in [2.24, 2.45) is 0 Å². The predicted octanol–water partition coefficient (Wildman–Crippen LogP) is 3.42. The molecular weight excluding hydrogens is 782 g/mol. The van der Waals surface area contributed by atoms with Crippen LogP contribution >= 0.6 is 0 Å². The van der Waals surface area contributed by atoms with Crippen LogP contribution in [-0.2, 0) is 85.7 Å². The van der Waals surface area contributed by atoms with Gasteiger partial charge in [-0.05, 0) is 6.42 Å². The Labute approximate surface area is 345 Å². The molecule has 1 N–H and O–H groups in total. The lowest BCUT2D eigenvalue weighted by Crippen LogP contribution is -2.68. The number of hydrogen-bond acceptors (Lipinski definition) is 18. The number of nitrogens with one attached hydrogen (secondary N) is 1. The summed E-state index contributed by atoms with van der Waals surface area (Å²) in [6.07, 6.45) is -3.78. The summed E-state index contributed by atoms with van der Waals surface area (Å²) in [6.45, 7) is 8.54. The van der Waals surface area contributed by atoms with E-state index in [1.165, 1.54) is 38.5 Å². The van der Waals surface area contributed by atoms with E-state index < -0.39 is 122 Å². The molecule has 2 saturated heterocycles. The van der Waals surface area contributed by atoms with Gasteiger partial charge in [0.2, 0.25) is 5.91 Å². The summed E-state index contributed by atoms with van der Waals surface area (Å²) in [4.78, 5) is 99.4. The number of hydrogen-bond donors (Lipinski definition) is 1. The van der Waals surface area contributed by atoms with E-state index in [1.54, 1.807) is 0 Å². The number of ether oxygens (including phenoxy) is 10. The minimum absolute atomic E-state index is 0.0984. The Morgan fingerprint density at radius 1 is 0.441 bits per heavy atom.